The first kappa shape index (κ1) is 17.5. The van der Waals surface area contributed by atoms with E-state index in [1.54, 1.807) is 31.8 Å². The molecule has 0 fully saturated rings. The molecule has 0 bridgehead atoms. The molecule has 0 aliphatic rings. The van der Waals surface area contributed by atoms with Crippen molar-refractivity contribution in [2.45, 2.75) is 38.3 Å². The van der Waals surface area contributed by atoms with Crippen LogP contribution in [0.1, 0.15) is 23.6 Å². The minimum absolute atomic E-state index is 0.0757. The van der Waals surface area contributed by atoms with Gasteiger partial charge in [-0.3, -0.25) is 0 Å². The lowest BCUT2D eigenvalue weighted by Gasteiger charge is -2.25. The summed E-state index contributed by atoms with van der Waals surface area (Å²) < 4.78 is 26.8. The molecule has 0 radical (unpaired) electrons. The maximum absolute atomic E-state index is 12.7. The van der Waals surface area contributed by atoms with Gasteiger partial charge in [-0.15, -0.1) is 0 Å². The summed E-state index contributed by atoms with van der Waals surface area (Å²) in [7, 11) is -1.93. The lowest BCUT2D eigenvalue weighted by atomic mass is 10.1. The average Bonchev–Trinajstić information content (AvgIpc) is 2.37. The predicted molar refractivity (Wildman–Crippen MR) is 84.6 cm³/mol. The van der Waals surface area contributed by atoms with Crippen LogP contribution in [0.25, 0.3) is 0 Å². The highest BCUT2D eigenvalue weighted by atomic mass is 32.2. The fourth-order valence-corrected chi connectivity index (χ4v) is 4.48. The zero-order valence-corrected chi connectivity index (χ0v) is 14.3. The molecule has 1 aromatic carbocycles. The Labute approximate surface area is 126 Å². The molecular formula is C14H23NO3S2. The molecule has 20 heavy (non-hydrogen) atoms. The molecule has 0 heterocycles. The van der Waals surface area contributed by atoms with Crippen molar-refractivity contribution in [2.24, 2.45) is 0 Å². The fourth-order valence-electron chi connectivity index (χ4n) is 2.06. The van der Waals surface area contributed by atoms with E-state index in [1.165, 1.54) is 4.31 Å². The van der Waals surface area contributed by atoms with Crippen LogP contribution < -0.4 is 0 Å². The number of rotatable bonds is 6. The molecule has 0 aliphatic heterocycles. The number of nitrogens with zero attached hydrogens (tertiary/aromatic N) is 1. The largest absolute Gasteiger partial charge is 0.392 e. The molecule has 0 spiro atoms. The second-order valence-corrected chi connectivity index (χ2v) is 7.90. The van der Waals surface area contributed by atoms with Gasteiger partial charge in [0.25, 0.3) is 0 Å². The number of hydrogen-bond donors (Lipinski definition) is 1. The topological polar surface area (TPSA) is 57.6 Å². The second-order valence-electron chi connectivity index (χ2n) is 5.03. The van der Waals surface area contributed by atoms with Crippen LogP contribution in [0.3, 0.4) is 0 Å². The average molecular weight is 317 g/mol. The van der Waals surface area contributed by atoms with Crippen molar-refractivity contribution in [2.75, 3.05) is 19.1 Å². The highest BCUT2D eigenvalue weighted by Crippen LogP contribution is 2.24. The summed E-state index contributed by atoms with van der Waals surface area (Å²) in [6.07, 6.45) is 1.96. The Kier molecular flexibility index (Phi) is 6.06. The van der Waals surface area contributed by atoms with Gasteiger partial charge in [-0.1, -0.05) is 6.07 Å². The van der Waals surface area contributed by atoms with Crippen LogP contribution in [0.2, 0.25) is 0 Å². The van der Waals surface area contributed by atoms with Crippen molar-refractivity contribution in [3.63, 3.8) is 0 Å². The molecule has 1 N–H and O–H groups in total. The lowest BCUT2D eigenvalue weighted by molar-refractivity contribution is 0.280. The zero-order chi connectivity index (χ0) is 15.5. The minimum Gasteiger partial charge on any atom is -0.392 e. The van der Waals surface area contributed by atoms with Gasteiger partial charge < -0.3 is 5.11 Å². The van der Waals surface area contributed by atoms with Gasteiger partial charge in [-0.05, 0) is 49.8 Å². The highest BCUT2D eigenvalue weighted by molar-refractivity contribution is 7.98. The molecular weight excluding hydrogens is 294 g/mol. The molecule has 0 saturated heterocycles. The standard InChI is InChI=1S/C14H23NO3S2/c1-10-6-11(2)14(7-13(10)8-16)20(17,18)15(4)12(3)9-19-5/h6-7,12,16H,8-9H2,1-5H3. The molecule has 0 aromatic heterocycles. The predicted octanol–water partition coefficient (Wildman–Crippen LogP) is 2.17. The number of sulfonamides is 1. The lowest BCUT2D eigenvalue weighted by Crippen LogP contribution is -2.37. The number of aliphatic hydroxyl groups excluding tert-OH is 1. The van der Waals surface area contributed by atoms with Gasteiger partial charge in [0.15, 0.2) is 0 Å². The second kappa shape index (κ2) is 6.93. The number of thioether (sulfide) groups is 1. The van der Waals surface area contributed by atoms with Crippen molar-refractivity contribution >= 4 is 21.8 Å². The van der Waals surface area contributed by atoms with E-state index < -0.39 is 10.0 Å². The summed E-state index contributed by atoms with van der Waals surface area (Å²) in [5, 5.41) is 9.32. The summed E-state index contributed by atoms with van der Waals surface area (Å²) in [6.45, 7) is 5.40. The van der Waals surface area contributed by atoms with Crippen LogP contribution >= 0.6 is 11.8 Å². The summed E-state index contributed by atoms with van der Waals surface area (Å²) in [5.74, 6) is 0.744. The van der Waals surface area contributed by atoms with E-state index in [-0.39, 0.29) is 17.5 Å². The first-order valence-corrected chi connectivity index (χ1v) is 9.27. The molecule has 1 unspecified atom stereocenters. The maximum Gasteiger partial charge on any atom is 0.243 e. The van der Waals surface area contributed by atoms with Gasteiger partial charge in [0, 0.05) is 18.8 Å². The van der Waals surface area contributed by atoms with Gasteiger partial charge in [0.2, 0.25) is 10.0 Å². The fraction of sp³-hybridized carbons (Fsp3) is 0.571. The van der Waals surface area contributed by atoms with Crippen molar-refractivity contribution in [3.05, 3.63) is 28.8 Å². The number of benzene rings is 1. The first-order chi connectivity index (χ1) is 9.25. The third-order valence-electron chi connectivity index (χ3n) is 3.49. The smallest absolute Gasteiger partial charge is 0.243 e. The number of aryl methyl sites for hydroxylation is 2. The van der Waals surface area contributed by atoms with Gasteiger partial charge in [-0.25, -0.2) is 8.42 Å². The molecule has 1 aromatic rings. The van der Waals surface area contributed by atoms with E-state index in [2.05, 4.69) is 0 Å². The van der Waals surface area contributed by atoms with Gasteiger partial charge in [-0.2, -0.15) is 16.1 Å². The van der Waals surface area contributed by atoms with Crippen molar-refractivity contribution < 1.29 is 13.5 Å². The van der Waals surface area contributed by atoms with Crippen LogP contribution in [0.15, 0.2) is 17.0 Å². The SMILES string of the molecule is CSCC(C)N(C)S(=O)(=O)c1cc(CO)c(C)cc1C. The summed E-state index contributed by atoms with van der Waals surface area (Å²) >= 11 is 1.62. The summed E-state index contributed by atoms with van der Waals surface area (Å²) in [6, 6.07) is 3.32. The summed E-state index contributed by atoms with van der Waals surface area (Å²) in [5.41, 5.74) is 2.27. The molecule has 0 aliphatic carbocycles. The van der Waals surface area contributed by atoms with Crippen LogP contribution in [0.5, 0.6) is 0 Å². The van der Waals surface area contributed by atoms with Gasteiger partial charge >= 0.3 is 0 Å². The van der Waals surface area contributed by atoms with E-state index in [4.69, 9.17) is 0 Å². The first-order valence-electron chi connectivity index (χ1n) is 6.43. The molecule has 0 amide bonds. The van der Waals surface area contributed by atoms with Crippen LogP contribution in [-0.2, 0) is 16.6 Å². The monoisotopic (exact) mass is 317 g/mol. The quantitative estimate of drug-likeness (QED) is 0.873. The highest BCUT2D eigenvalue weighted by Gasteiger charge is 2.27. The Bertz CT molecular complexity index is 570. The van der Waals surface area contributed by atoms with E-state index in [9.17, 15) is 13.5 Å². The Balaban J connectivity index is 3.28. The van der Waals surface area contributed by atoms with Gasteiger partial charge in [0.05, 0.1) is 11.5 Å². The van der Waals surface area contributed by atoms with E-state index in [1.807, 2.05) is 26.2 Å². The van der Waals surface area contributed by atoms with E-state index >= 15 is 0 Å². The molecule has 114 valence electrons. The number of hydrogen-bond acceptors (Lipinski definition) is 4. The molecule has 6 heteroatoms. The third kappa shape index (κ3) is 3.55. The Morgan fingerprint density at radius 3 is 2.40 bits per heavy atom. The molecule has 1 atom stereocenters. The van der Waals surface area contributed by atoms with Crippen LogP contribution in [0, 0.1) is 13.8 Å². The molecule has 0 saturated carbocycles. The third-order valence-corrected chi connectivity index (χ3v) is 6.42. The number of aliphatic hydroxyl groups is 1. The Hall–Kier alpha value is -0.560. The minimum atomic E-state index is -3.53. The summed E-state index contributed by atoms with van der Waals surface area (Å²) in [4.78, 5) is 0.280. The molecule has 4 nitrogen and oxygen atoms in total. The van der Waals surface area contributed by atoms with Crippen molar-refractivity contribution in [3.8, 4) is 0 Å². The molecule has 1 rings (SSSR count). The van der Waals surface area contributed by atoms with E-state index in [0.717, 1.165) is 11.3 Å². The maximum atomic E-state index is 12.7. The Morgan fingerprint density at radius 1 is 1.30 bits per heavy atom. The Morgan fingerprint density at radius 2 is 1.90 bits per heavy atom. The normalized spacial score (nSPS) is 13.8. The zero-order valence-electron chi connectivity index (χ0n) is 12.7. The van der Waals surface area contributed by atoms with Crippen molar-refractivity contribution in [1.82, 2.24) is 4.31 Å². The van der Waals surface area contributed by atoms with Crippen LogP contribution in [-0.4, -0.2) is 42.9 Å². The van der Waals surface area contributed by atoms with E-state index in [0.29, 0.717) is 11.1 Å². The van der Waals surface area contributed by atoms with Crippen molar-refractivity contribution in [1.29, 1.82) is 0 Å². The van der Waals surface area contributed by atoms with Gasteiger partial charge in [0.1, 0.15) is 0 Å². The van der Waals surface area contributed by atoms with Crippen LogP contribution in [0.4, 0.5) is 0 Å².